The van der Waals surface area contributed by atoms with Gasteiger partial charge in [0, 0.05) is 43.6 Å². The Morgan fingerprint density at radius 1 is 0.389 bits per heavy atom. The predicted molar refractivity (Wildman–Crippen MR) is 219 cm³/mol. The van der Waals surface area contributed by atoms with Crippen LogP contribution in [-0.4, -0.2) is 15.0 Å². The van der Waals surface area contributed by atoms with Crippen molar-refractivity contribution in [3.8, 4) is 56.4 Å². The van der Waals surface area contributed by atoms with Crippen molar-refractivity contribution in [1.82, 2.24) is 15.0 Å². The quantitative estimate of drug-likeness (QED) is 0.179. The Bertz CT molecular complexity index is 3740. The summed E-state index contributed by atoms with van der Waals surface area (Å²) in [6.07, 6.45) is 0. The Balaban J connectivity index is 1.12. The zero-order valence-corrected chi connectivity index (χ0v) is 28.2. The number of hydrogen-bond acceptors (Lipinski definition) is 5. The second-order valence-corrected chi connectivity index (χ2v) is 12.9. The molecule has 0 spiro atoms. The fourth-order valence-corrected chi connectivity index (χ4v) is 7.17. The summed E-state index contributed by atoms with van der Waals surface area (Å²) in [6, 6.07) is 34.4. The third kappa shape index (κ3) is 4.90. The average Bonchev–Trinajstić information content (AvgIpc) is 3.90. The summed E-state index contributed by atoms with van der Waals surface area (Å²) in [4.78, 5) is 14.8. The normalized spacial score (nSPS) is 14.0. The minimum atomic E-state index is -0.555. The lowest BCUT2D eigenvalue weighted by atomic mass is 9.97. The first kappa shape index (κ1) is 22.5. The molecule has 3 heterocycles. The van der Waals surface area contributed by atoms with E-state index in [0.717, 1.165) is 33.0 Å². The minimum Gasteiger partial charge on any atom is -0.456 e. The Kier molecular flexibility index (Phi) is 5.06. The number of benzene rings is 8. The van der Waals surface area contributed by atoms with E-state index in [1.165, 1.54) is 0 Å². The topological polar surface area (TPSA) is 65.0 Å². The number of hydrogen-bond donors (Lipinski definition) is 0. The molecule has 0 fully saturated rings. The van der Waals surface area contributed by atoms with Crippen LogP contribution in [0.4, 0.5) is 0 Å². The van der Waals surface area contributed by atoms with Gasteiger partial charge in [-0.2, -0.15) is 0 Å². The molecule has 0 unspecified atom stereocenters. The number of furan rings is 2. The van der Waals surface area contributed by atoms with Gasteiger partial charge in [0.05, 0.1) is 12.3 Å². The molecular weight excluding hydrogens is 663 g/mol. The van der Waals surface area contributed by atoms with E-state index in [0.29, 0.717) is 39.7 Å². The molecule has 11 rings (SSSR count). The second kappa shape index (κ2) is 12.1. The standard InChI is InChI=1S/C49H29N3O2/c1-3-12-30(13-4-1)36-20-10-22-41-44(36)39-26-25-35(29-43(39)53-41)49-51-47(32-15-5-2-6-16-32)50-48(52-49)34-18-9-17-33(28-34)37-21-11-23-42-45(37)40-27-24-31-14-7-8-19-38(31)46(40)54-42/h1-29H/i7D,8D,11D,14D,19D,21D,23D,24D,27D. The number of aromatic nitrogens is 3. The first-order valence-corrected chi connectivity index (χ1v) is 17.3. The minimum absolute atomic E-state index is 0.000568. The van der Waals surface area contributed by atoms with E-state index in [4.69, 9.17) is 34.8 Å². The van der Waals surface area contributed by atoms with E-state index in [9.17, 15) is 1.37 Å². The monoisotopic (exact) mass is 700 g/mol. The molecule has 0 saturated carbocycles. The molecule has 5 nitrogen and oxygen atoms in total. The summed E-state index contributed by atoms with van der Waals surface area (Å²) < 4.78 is 91.4. The third-order valence-corrected chi connectivity index (χ3v) is 9.67. The fourth-order valence-electron chi connectivity index (χ4n) is 7.17. The SMILES string of the molecule is [2H]c1c([2H])c(-c2cccc(-c3nc(-c4ccccc4)nc(-c4ccc5c(c4)oc4cccc(-c6ccccc6)c45)n3)c2)c2c(oc3c4c([2H])c([2H])c([2H])c([2H])c4c([2H])c([2H])c32)c1[2H]. The van der Waals surface area contributed by atoms with Crippen molar-refractivity contribution in [2.24, 2.45) is 0 Å². The fraction of sp³-hybridized carbons (Fsp3) is 0. The maximum atomic E-state index is 9.20. The van der Waals surface area contributed by atoms with E-state index >= 15 is 0 Å². The molecule has 8 aromatic carbocycles. The van der Waals surface area contributed by atoms with Crippen LogP contribution in [0, 0.1) is 0 Å². The van der Waals surface area contributed by atoms with Gasteiger partial charge in [-0.05, 0) is 64.0 Å². The van der Waals surface area contributed by atoms with Gasteiger partial charge in [-0.1, -0.05) is 139 Å². The molecular formula is C49H29N3O2. The Labute approximate surface area is 322 Å². The maximum Gasteiger partial charge on any atom is 0.164 e. The highest BCUT2D eigenvalue weighted by Gasteiger charge is 2.18. The molecule has 0 amide bonds. The maximum absolute atomic E-state index is 9.20. The molecule has 0 saturated heterocycles. The van der Waals surface area contributed by atoms with E-state index in [-0.39, 0.29) is 44.3 Å². The van der Waals surface area contributed by atoms with Crippen LogP contribution in [0.25, 0.3) is 111 Å². The van der Waals surface area contributed by atoms with E-state index < -0.39 is 48.3 Å². The molecule has 0 N–H and O–H groups in total. The van der Waals surface area contributed by atoms with Gasteiger partial charge in [0.2, 0.25) is 0 Å². The zero-order valence-electron chi connectivity index (χ0n) is 37.2. The predicted octanol–water partition coefficient (Wildman–Crippen LogP) is 13.2. The van der Waals surface area contributed by atoms with Crippen molar-refractivity contribution >= 4 is 54.6 Å². The van der Waals surface area contributed by atoms with Crippen LogP contribution in [0.5, 0.6) is 0 Å². The number of nitrogens with zero attached hydrogens (tertiary/aromatic N) is 3. The summed E-state index contributed by atoms with van der Waals surface area (Å²) in [5.41, 5.74) is 5.77. The van der Waals surface area contributed by atoms with Crippen LogP contribution < -0.4 is 0 Å². The largest absolute Gasteiger partial charge is 0.456 e. The number of fused-ring (bicyclic) bond motifs is 8. The van der Waals surface area contributed by atoms with Gasteiger partial charge in [-0.15, -0.1) is 0 Å². The number of rotatable bonds is 5. The summed E-state index contributed by atoms with van der Waals surface area (Å²) in [6.45, 7) is 0. The Hall–Kier alpha value is -7.37. The summed E-state index contributed by atoms with van der Waals surface area (Å²) in [5, 5.41) is 1.74. The van der Waals surface area contributed by atoms with Gasteiger partial charge in [0.1, 0.15) is 22.3 Å². The van der Waals surface area contributed by atoms with Gasteiger partial charge >= 0.3 is 0 Å². The molecule has 0 atom stereocenters. The lowest BCUT2D eigenvalue weighted by molar-refractivity contribution is 0.669. The lowest BCUT2D eigenvalue weighted by Crippen LogP contribution is -2.00. The van der Waals surface area contributed by atoms with Crippen molar-refractivity contribution in [2.75, 3.05) is 0 Å². The molecule has 0 bridgehead atoms. The molecule has 0 aliphatic carbocycles. The van der Waals surface area contributed by atoms with Crippen molar-refractivity contribution in [1.29, 1.82) is 0 Å². The average molecular weight is 701 g/mol. The zero-order chi connectivity index (χ0) is 43.4. The molecule has 0 radical (unpaired) electrons. The van der Waals surface area contributed by atoms with Gasteiger partial charge in [-0.25, -0.2) is 15.0 Å². The molecule has 0 aliphatic rings. The summed E-state index contributed by atoms with van der Waals surface area (Å²) in [5.74, 6) is 1.09. The first-order chi connectivity index (χ1) is 30.5. The molecule has 11 aromatic rings. The molecule has 3 aromatic heterocycles. The van der Waals surface area contributed by atoms with Crippen molar-refractivity contribution in [3.05, 3.63) is 176 Å². The van der Waals surface area contributed by atoms with Gasteiger partial charge in [-0.3, -0.25) is 0 Å². The van der Waals surface area contributed by atoms with Crippen LogP contribution in [0.3, 0.4) is 0 Å². The summed E-state index contributed by atoms with van der Waals surface area (Å²) >= 11 is 0. The molecule has 54 heavy (non-hydrogen) atoms. The van der Waals surface area contributed by atoms with Crippen molar-refractivity contribution in [2.45, 2.75) is 0 Å². The second-order valence-electron chi connectivity index (χ2n) is 12.9. The molecule has 5 heteroatoms. The summed E-state index contributed by atoms with van der Waals surface area (Å²) in [7, 11) is 0. The smallest absolute Gasteiger partial charge is 0.164 e. The molecule has 0 aliphatic heterocycles. The van der Waals surface area contributed by atoms with Crippen LogP contribution in [0.15, 0.2) is 185 Å². The highest BCUT2D eigenvalue weighted by molar-refractivity contribution is 6.19. The third-order valence-electron chi connectivity index (χ3n) is 9.67. The lowest BCUT2D eigenvalue weighted by Gasteiger charge is -2.10. The van der Waals surface area contributed by atoms with E-state index in [2.05, 4.69) is 18.2 Å². The van der Waals surface area contributed by atoms with Crippen LogP contribution in [0.2, 0.25) is 0 Å². The first-order valence-electron chi connectivity index (χ1n) is 21.8. The van der Waals surface area contributed by atoms with Crippen molar-refractivity contribution in [3.63, 3.8) is 0 Å². The van der Waals surface area contributed by atoms with Gasteiger partial charge < -0.3 is 8.83 Å². The van der Waals surface area contributed by atoms with Crippen LogP contribution in [-0.2, 0) is 0 Å². The Morgan fingerprint density at radius 3 is 1.91 bits per heavy atom. The van der Waals surface area contributed by atoms with E-state index in [1.54, 1.807) is 24.3 Å². The Morgan fingerprint density at radius 2 is 1.07 bits per heavy atom. The van der Waals surface area contributed by atoms with E-state index in [1.807, 2.05) is 78.9 Å². The van der Waals surface area contributed by atoms with Crippen molar-refractivity contribution < 1.29 is 21.2 Å². The highest BCUT2D eigenvalue weighted by Crippen LogP contribution is 2.41. The van der Waals surface area contributed by atoms with Gasteiger partial charge in [0.15, 0.2) is 17.5 Å². The van der Waals surface area contributed by atoms with Gasteiger partial charge in [0.25, 0.3) is 0 Å². The van der Waals surface area contributed by atoms with Crippen LogP contribution >= 0.6 is 0 Å². The highest BCUT2D eigenvalue weighted by atomic mass is 16.3. The van der Waals surface area contributed by atoms with Crippen LogP contribution in [0.1, 0.15) is 12.3 Å². The molecule has 252 valence electrons.